The highest BCUT2D eigenvalue weighted by Crippen LogP contribution is 2.52. The Balaban J connectivity index is 1.64. The van der Waals surface area contributed by atoms with Crippen molar-refractivity contribution in [3.05, 3.63) is 157 Å². The maximum atomic E-state index is 4.81. The highest BCUT2D eigenvalue weighted by molar-refractivity contribution is 6.27. The summed E-state index contributed by atoms with van der Waals surface area (Å²) in [4.78, 5) is 2.49. The molecule has 0 amide bonds. The van der Waals surface area contributed by atoms with Crippen molar-refractivity contribution < 1.29 is 0 Å². The largest absolute Gasteiger partial charge is 0.334 e. The van der Waals surface area contributed by atoms with Gasteiger partial charge in [-0.05, 0) is 53.4 Å². The van der Waals surface area contributed by atoms with Crippen LogP contribution in [0.4, 0.5) is 11.4 Å². The molecule has 0 saturated heterocycles. The fourth-order valence-corrected chi connectivity index (χ4v) is 6.87. The van der Waals surface area contributed by atoms with E-state index in [4.69, 9.17) is 6.58 Å². The Labute approximate surface area is 234 Å². The van der Waals surface area contributed by atoms with E-state index in [-0.39, 0.29) is 6.04 Å². The molecule has 190 valence electrons. The van der Waals surface area contributed by atoms with Gasteiger partial charge < -0.3 is 9.47 Å². The van der Waals surface area contributed by atoms with Crippen LogP contribution in [0.2, 0.25) is 0 Å². The third-order valence-electron chi connectivity index (χ3n) is 8.51. The maximum Gasteiger partial charge on any atom is 0.0623 e. The van der Waals surface area contributed by atoms with Crippen molar-refractivity contribution >= 4 is 49.4 Å². The normalized spacial score (nSPS) is 14.9. The predicted octanol–water partition coefficient (Wildman–Crippen LogP) is 10.2. The standard InChI is InChI=1S/C38H28N2/c1-25-29-19-13-14-24-34(29)39(27-15-5-3-6-16-27)26(2)35-36-32-22-11-9-20-30(32)31-21-10-12-23-33(31)38(36)40(37(25)35)28-17-7-4-8-18-28/h3-24,26H,1H2,2H3. The van der Waals surface area contributed by atoms with E-state index in [0.29, 0.717) is 0 Å². The Hall–Kier alpha value is -5.08. The van der Waals surface area contributed by atoms with Gasteiger partial charge in [0.2, 0.25) is 0 Å². The molecule has 2 heteroatoms. The number of rotatable bonds is 2. The van der Waals surface area contributed by atoms with Crippen LogP contribution in [0.25, 0.3) is 43.7 Å². The van der Waals surface area contributed by atoms with Crippen LogP contribution in [0, 0.1) is 0 Å². The lowest BCUT2D eigenvalue weighted by molar-refractivity contribution is 0.779. The number of aromatic nitrogens is 1. The second kappa shape index (κ2) is 8.72. The smallest absolute Gasteiger partial charge is 0.0623 e. The summed E-state index contributed by atoms with van der Waals surface area (Å²) in [6.07, 6.45) is 0. The fraction of sp³-hybridized carbons (Fsp3) is 0.0526. The molecule has 0 bridgehead atoms. The van der Waals surface area contributed by atoms with Crippen molar-refractivity contribution in [2.24, 2.45) is 0 Å². The lowest BCUT2D eigenvalue weighted by atomic mass is 9.93. The Kier molecular flexibility index (Phi) is 4.99. The van der Waals surface area contributed by atoms with Crippen molar-refractivity contribution in [1.82, 2.24) is 4.57 Å². The first kappa shape index (κ1) is 22.9. The Morgan fingerprint density at radius 1 is 0.550 bits per heavy atom. The van der Waals surface area contributed by atoms with Crippen molar-refractivity contribution in [2.45, 2.75) is 13.0 Å². The molecule has 0 fully saturated rings. The molecule has 40 heavy (non-hydrogen) atoms. The summed E-state index contributed by atoms with van der Waals surface area (Å²) in [5.74, 6) is 0. The summed E-state index contributed by atoms with van der Waals surface area (Å²) in [6.45, 7) is 7.16. The van der Waals surface area contributed by atoms with Gasteiger partial charge in [-0.25, -0.2) is 0 Å². The van der Waals surface area contributed by atoms with Gasteiger partial charge in [0, 0.05) is 44.5 Å². The summed E-state index contributed by atoms with van der Waals surface area (Å²) >= 11 is 0. The molecule has 0 aliphatic carbocycles. The minimum atomic E-state index is 0.0508. The molecular formula is C38H28N2. The molecule has 2 nitrogen and oxygen atoms in total. The maximum absolute atomic E-state index is 4.81. The first-order valence-electron chi connectivity index (χ1n) is 13.9. The Morgan fingerprint density at radius 3 is 1.77 bits per heavy atom. The summed E-state index contributed by atoms with van der Waals surface area (Å²) in [5, 5.41) is 6.39. The van der Waals surface area contributed by atoms with Crippen LogP contribution in [-0.2, 0) is 0 Å². The van der Waals surface area contributed by atoms with E-state index >= 15 is 0 Å². The highest BCUT2D eigenvalue weighted by Gasteiger charge is 2.35. The van der Waals surface area contributed by atoms with Crippen molar-refractivity contribution in [3.8, 4) is 5.69 Å². The molecule has 2 heterocycles. The second-order valence-corrected chi connectivity index (χ2v) is 10.6. The van der Waals surface area contributed by atoms with Crippen molar-refractivity contribution in [1.29, 1.82) is 0 Å². The lowest BCUT2D eigenvalue weighted by Gasteiger charge is -2.31. The lowest BCUT2D eigenvalue weighted by Crippen LogP contribution is -2.21. The van der Waals surface area contributed by atoms with E-state index in [1.807, 2.05) is 0 Å². The minimum absolute atomic E-state index is 0.0508. The fourth-order valence-electron chi connectivity index (χ4n) is 6.87. The van der Waals surface area contributed by atoms with Crippen LogP contribution in [0.15, 0.2) is 140 Å². The van der Waals surface area contributed by atoms with Gasteiger partial charge in [-0.1, -0.05) is 110 Å². The number of hydrogen-bond acceptors (Lipinski definition) is 1. The zero-order chi connectivity index (χ0) is 26.8. The van der Waals surface area contributed by atoms with Gasteiger partial charge in [0.15, 0.2) is 0 Å². The minimum Gasteiger partial charge on any atom is -0.334 e. The van der Waals surface area contributed by atoms with E-state index in [0.717, 1.165) is 16.8 Å². The monoisotopic (exact) mass is 512 g/mol. The molecule has 0 N–H and O–H groups in total. The molecule has 7 aromatic rings. The molecule has 1 atom stereocenters. The number of benzene rings is 6. The Morgan fingerprint density at radius 2 is 1.07 bits per heavy atom. The van der Waals surface area contributed by atoms with E-state index in [2.05, 4.69) is 150 Å². The van der Waals surface area contributed by atoms with Crippen LogP contribution in [0.3, 0.4) is 0 Å². The summed E-state index contributed by atoms with van der Waals surface area (Å²) in [7, 11) is 0. The number of fused-ring (bicyclic) bond motifs is 9. The van der Waals surface area contributed by atoms with E-state index < -0.39 is 0 Å². The van der Waals surface area contributed by atoms with Crippen LogP contribution < -0.4 is 4.90 Å². The molecule has 1 aromatic heterocycles. The van der Waals surface area contributed by atoms with Crippen molar-refractivity contribution in [3.63, 3.8) is 0 Å². The number of hydrogen-bond donors (Lipinski definition) is 0. The second-order valence-electron chi connectivity index (χ2n) is 10.6. The average molecular weight is 513 g/mol. The average Bonchev–Trinajstić information content (AvgIpc) is 3.35. The first-order chi connectivity index (χ1) is 19.7. The van der Waals surface area contributed by atoms with E-state index in [9.17, 15) is 0 Å². The molecular weight excluding hydrogens is 484 g/mol. The zero-order valence-corrected chi connectivity index (χ0v) is 22.4. The molecule has 6 aromatic carbocycles. The quantitative estimate of drug-likeness (QED) is 0.209. The van der Waals surface area contributed by atoms with Gasteiger partial charge in [-0.15, -0.1) is 0 Å². The van der Waals surface area contributed by atoms with Crippen LogP contribution in [0.5, 0.6) is 0 Å². The van der Waals surface area contributed by atoms with Crippen molar-refractivity contribution in [2.75, 3.05) is 4.90 Å². The SMILES string of the molecule is C=C1c2ccccc2N(c2ccccc2)C(C)c2c1n(-c1ccccc1)c1c3ccccc3c3ccccc3c21. The van der Waals surface area contributed by atoms with Gasteiger partial charge in [-0.2, -0.15) is 0 Å². The third-order valence-corrected chi connectivity index (χ3v) is 8.51. The molecule has 0 radical (unpaired) electrons. The molecule has 8 rings (SSSR count). The third kappa shape index (κ3) is 3.11. The number of anilines is 2. The van der Waals surface area contributed by atoms with Gasteiger partial charge in [0.1, 0.15) is 0 Å². The molecule has 0 spiro atoms. The summed E-state index contributed by atoms with van der Waals surface area (Å²) in [5.41, 5.74) is 9.44. The zero-order valence-electron chi connectivity index (χ0n) is 22.4. The number of nitrogens with zero attached hydrogens (tertiary/aromatic N) is 2. The topological polar surface area (TPSA) is 8.17 Å². The van der Waals surface area contributed by atoms with Gasteiger partial charge in [0.25, 0.3) is 0 Å². The molecule has 1 aliphatic heterocycles. The van der Waals surface area contributed by atoms with E-state index in [1.165, 1.54) is 55.1 Å². The molecule has 1 aliphatic rings. The van der Waals surface area contributed by atoms with Gasteiger partial charge >= 0.3 is 0 Å². The van der Waals surface area contributed by atoms with Crippen LogP contribution in [-0.4, -0.2) is 4.57 Å². The molecule has 0 saturated carbocycles. The first-order valence-corrected chi connectivity index (χ1v) is 13.9. The molecule has 1 unspecified atom stereocenters. The van der Waals surface area contributed by atoms with E-state index in [1.54, 1.807) is 0 Å². The van der Waals surface area contributed by atoms with Gasteiger partial charge in [-0.3, -0.25) is 0 Å². The van der Waals surface area contributed by atoms with Crippen LogP contribution >= 0.6 is 0 Å². The highest BCUT2D eigenvalue weighted by atomic mass is 15.2. The summed E-state index contributed by atoms with van der Waals surface area (Å²) < 4.78 is 2.48. The Bertz CT molecular complexity index is 2080. The summed E-state index contributed by atoms with van der Waals surface area (Å²) in [6, 6.07) is 48.0. The van der Waals surface area contributed by atoms with Gasteiger partial charge in [0.05, 0.1) is 17.3 Å². The predicted molar refractivity (Wildman–Crippen MR) is 170 cm³/mol. The number of para-hydroxylation sites is 3. The van der Waals surface area contributed by atoms with Crippen LogP contribution in [0.1, 0.15) is 29.8 Å².